The minimum Gasteiger partial charge on any atom is -0.494 e. The van der Waals surface area contributed by atoms with Crippen LogP contribution in [0.4, 0.5) is 0 Å². The van der Waals surface area contributed by atoms with Crippen molar-refractivity contribution in [2.45, 2.75) is 25.8 Å². The van der Waals surface area contributed by atoms with Crippen LogP contribution in [0.2, 0.25) is 0 Å². The number of thiophene rings is 1. The highest BCUT2D eigenvalue weighted by atomic mass is 79.9. The standard InChI is InChI=1S/C12H17BrN2O2S.ClH/c1-6-9(13)10(17-2)11(18-6)12(16)15-5-8(14)7-3-4-7;/h7-8H,3-5,14H2,1-2H3,(H,15,16);1H. The third-order valence-electron chi connectivity index (χ3n) is 3.11. The van der Waals surface area contributed by atoms with Crippen LogP contribution < -0.4 is 15.8 Å². The number of nitrogens with two attached hydrogens (primary N) is 1. The lowest BCUT2D eigenvalue weighted by Gasteiger charge is -2.11. The van der Waals surface area contributed by atoms with Crippen LogP contribution in [-0.4, -0.2) is 25.6 Å². The fraction of sp³-hybridized carbons (Fsp3) is 0.583. The molecular weight excluding hydrogens is 352 g/mol. The lowest BCUT2D eigenvalue weighted by molar-refractivity contribution is 0.0951. The average Bonchev–Trinajstić information content (AvgIpc) is 3.15. The van der Waals surface area contributed by atoms with Crippen LogP contribution in [0.25, 0.3) is 0 Å². The second-order valence-electron chi connectivity index (χ2n) is 4.55. The Balaban J connectivity index is 0.00000180. The van der Waals surface area contributed by atoms with Gasteiger partial charge in [-0.25, -0.2) is 0 Å². The van der Waals surface area contributed by atoms with E-state index >= 15 is 0 Å². The molecule has 1 aliphatic carbocycles. The lowest BCUT2D eigenvalue weighted by atomic mass is 10.2. The Labute approximate surface area is 131 Å². The molecule has 0 radical (unpaired) electrons. The van der Waals surface area contributed by atoms with E-state index in [-0.39, 0.29) is 24.4 Å². The van der Waals surface area contributed by atoms with Gasteiger partial charge in [0.05, 0.1) is 11.6 Å². The van der Waals surface area contributed by atoms with Gasteiger partial charge in [0.1, 0.15) is 4.88 Å². The number of hydrogen-bond donors (Lipinski definition) is 2. The van der Waals surface area contributed by atoms with Gasteiger partial charge in [0.2, 0.25) is 0 Å². The van der Waals surface area contributed by atoms with E-state index in [1.165, 1.54) is 24.2 Å². The molecule has 3 N–H and O–H groups in total. The van der Waals surface area contributed by atoms with E-state index in [1.807, 2.05) is 6.92 Å². The number of methoxy groups -OCH3 is 1. The number of hydrogen-bond acceptors (Lipinski definition) is 4. The summed E-state index contributed by atoms with van der Waals surface area (Å²) in [5.74, 6) is 1.08. The van der Waals surface area contributed by atoms with Crippen LogP contribution in [0, 0.1) is 12.8 Å². The Hall–Kier alpha value is -0.300. The first-order valence-electron chi connectivity index (χ1n) is 5.91. The molecule has 4 nitrogen and oxygen atoms in total. The monoisotopic (exact) mass is 368 g/mol. The molecule has 1 saturated carbocycles. The maximum atomic E-state index is 12.1. The Morgan fingerprint density at radius 2 is 2.26 bits per heavy atom. The molecule has 2 rings (SSSR count). The molecule has 0 spiro atoms. The Bertz CT molecular complexity index is 463. The van der Waals surface area contributed by atoms with Crippen molar-refractivity contribution in [3.05, 3.63) is 14.2 Å². The largest absolute Gasteiger partial charge is 0.494 e. The van der Waals surface area contributed by atoms with Gasteiger partial charge < -0.3 is 15.8 Å². The van der Waals surface area contributed by atoms with Crippen molar-refractivity contribution in [2.24, 2.45) is 11.7 Å². The van der Waals surface area contributed by atoms with Gasteiger partial charge in [0, 0.05) is 17.5 Å². The number of amides is 1. The minimum atomic E-state index is -0.109. The predicted molar refractivity (Wildman–Crippen MR) is 83.6 cm³/mol. The average molecular weight is 370 g/mol. The van der Waals surface area contributed by atoms with Crippen molar-refractivity contribution in [3.8, 4) is 5.75 Å². The summed E-state index contributed by atoms with van der Waals surface area (Å²) in [4.78, 5) is 13.7. The first-order valence-corrected chi connectivity index (χ1v) is 7.52. The number of rotatable bonds is 5. The molecule has 1 unspecified atom stereocenters. The third kappa shape index (κ3) is 3.84. The van der Waals surface area contributed by atoms with Crippen molar-refractivity contribution in [2.75, 3.05) is 13.7 Å². The molecule has 0 bridgehead atoms. The zero-order valence-electron chi connectivity index (χ0n) is 10.9. The van der Waals surface area contributed by atoms with Crippen LogP contribution in [0.5, 0.6) is 5.75 Å². The summed E-state index contributed by atoms with van der Waals surface area (Å²) < 4.78 is 6.11. The van der Waals surface area contributed by atoms with E-state index in [4.69, 9.17) is 10.5 Å². The van der Waals surface area contributed by atoms with Crippen LogP contribution in [0.15, 0.2) is 4.47 Å². The molecule has 1 fully saturated rings. The maximum absolute atomic E-state index is 12.1. The number of aryl methyl sites for hydroxylation is 1. The fourth-order valence-corrected chi connectivity index (χ4v) is 3.48. The Morgan fingerprint density at radius 1 is 1.63 bits per heavy atom. The Kier molecular flexibility index (Phi) is 6.11. The fourth-order valence-electron chi connectivity index (χ4n) is 1.82. The van der Waals surface area contributed by atoms with E-state index in [2.05, 4.69) is 21.2 Å². The van der Waals surface area contributed by atoms with Crippen LogP contribution in [0.1, 0.15) is 27.4 Å². The van der Waals surface area contributed by atoms with Crippen molar-refractivity contribution in [1.29, 1.82) is 0 Å². The molecule has 0 saturated heterocycles. The molecule has 0 aromatic carbocycles. The van der Waals surface area contributed by atoms with Gasteiger partial charge in [-0.2, -0.15) is 0 Å². The highest BCUT2D eigenvalue weighted by molar-refractivity contribution is 9.10. The molecule has 108 valence electrons. The summed E-state index contributed by atoms with van der Waals surface area (Å²) in [6, 6.07) is 0.0736. The number of carbonyl (C=O) groups is 1. The lowest BCUT2D eigenvalue weighted by Crippen LogP contribution is -2.38. The molecule has 1 amide bonds. The van der Waals surface area contributed by atoms with Crippen molar-refractivity contribution in [1.82, 2.24) is 5.32 Å². The second-order valence-corrected chi connectivity index (χ2v) is 6.56. The molecule has 1 atom stereocenters. The summed E-state index contributed by atoms with van der Waals surface area (Å²) in [5, 5.41) is 2.88. The number of carbonyl (C=O) groups excluding carboxylic acids is 1. The molecule has 1 aromatic rings. The third-order valence-corrected chi connectivity index (χ3v) is 5.41. The predicted octanol–water partition coefficient (Wildman–Crippen LogP) is 2.72. The van der Waals surface area contributed by atoms with E-state index < -0.39 is 0 Å². The number of ether oxygens (including phenoxy) is 1. The number of halogens is 2. The van der Waals surface area contributed by atoms with Gasteiger partial charge in [-0.3, -0.25) is 4.79 Å². The van der Waals surface area contributed by atoms with E-state index in [0.29, 0.717) is 23.1 Å². The minimum absolute atomic E-state index is 0. The van der Waals surface area contributed by atoms with E-state index in [0.717, 1.165) is 9.35 Å². The molecule has 1 aromatic heterocycles. The molecule has 19 heavy (non-hydrogen) atoms. The quantitative estimate of drug-likeness (QED) is 0.839. The van der Waals surface area contributed by atoms with Gasteiger partial charge in [-0.1, -0.05) is 0 Å². The van der Waals surface area contributed by atoms with Crippen LogP contribution in [-0.2, 0) is 0 Å². The van der Waals surface area contributed by atoms with Gasteiger partial charge in [0.25, 0.3) is 5.91 Å². The number of nitrogens with one attached hydrogen (secondary N) is 1. The van der Waals surface area contributed by atoms with E-state index in [9.17, 15) is 4.79 Å². The first-order chi connectivity index (χ1) is 8.54. The van der Waals surface area contributed by atoms with Crippen LogP contribution >= 0.6 is 39.7 Å². The molecule has 7 heteroatoms. The highest BCUT2D eigenvalue weighted by Crippen LogP contribution is 2.39. The van der Waals surface area contributed by atoms with Gasteiger partial charge in [0.15, 0.2) is 5.75 Å². The van der Waals surface area contributed by atoms with Crippen molar-refractivity contribution >= 4 is 45.6 Å². The molecular formula is C12H18BrClN2O2S. The summed E-state index contributed by atoms with van der Waals surface area (Å²) in [5.41, 5.74) is 5.96. The first kappa shape index (κ1) is 16.8. The normalized spacial score (nSPS) is 15.6. The molecule has 0 aliphatic heterocycles. The molecule has 1 aliphatic rings. The van der Waals surface area contributed by atoms with Gasteiger partial charge in [-0.05, 0) is 41.6 Å². The van der Waals surface area contributed by atoms with E-state index in [1.54, 1.807) is 7.11 Å². The van der Waals surface area contributed by atoms with Crippen molar-refractivity contribution < 1.29 is 9.53 Å². The summed E-state index contributed by atoms with van der Waals surface area (Å²) in [6.45, 7) is 2.48. The van der Waals surface area contributed by atoms with Gasteiger partial charge >= 0.3 is 0 Å². The maximum Gasteiger partial charge on any atom is 0.265 e. The van der Waals surface area contributed by atoms with Gasteiger partial charge in [-0.15, -0.1) is 23.7 Å². The van der Waals surface area contributed by atoms with Crippen LogP contribution in [0.3, 0.4) is 0 Å². The summed E-state index contributed by atoms with van der Waals surface area (Å²) in [7, 11) is 1.57. The summed E-state index contributed by atoms with van der Waals surface area (Å²) in [6.07, 6.45) is 2.37. The topological polar surface area (TPSA) is 64.3 Å². The highest BCUT2D eigenvalue weighted by Gasteiger charge is 2.29. The zero-order valence-corrected chi connectivity index (χ0v) is 14.1. The Morgan fingerprint density at radius 3 is 2.79 bits per heavy atom. The smallest absolute Gasteiger partial charge is 0.265 e. The van der Waals surface area contributed by atoms with Crippen molar-refractivity contribution in [3.63, 3.8) is 0 Å². The second kappa shape index (κ2) is 6.92. The summed E-state index contributed by atoms with van der Waals surface area (Å²) >= 11 is 4.85. The SMILES string of the molecule is COc1c(C(=O)NCC(N)C2CC2)sc(C)c1Br.Cl. The molecule has 1 heterocycles. The zero-order chi connectivity index (χ0) is 13.3.